The van der Waals surface area contributed by atoms with Crippen molar-refractivity contribution in [1.82, 2.24) is 9.97 Å². The van der Waals surface area contributed by atoms with Crippen LogP contribution in [0.4, 0.5) is 11.8 Å². The highest BCUT2D eigenvalue weighted by molar-refractivity contribution is 5.43. The van der Waals surface area contributed by atoms with E-state index in [9.17, 15) is 0 Å². The normalized spacial score (nSPS) is 20.5. The molecule has 2 rings (SSSR count). The second-order valence-electron chi connectivity index (χ2n) is 3.85. The van der Waals surface area contributed by atoms with Gasteiger partial charge in [-0.3, -0.25) is 0 Å². The maximum absolute atomic E-state index is 5.62. The minimum Gasteiger partial charge on any atom is -0.379 e. The monoisotopic (exact) mass is 208 g/mol. The van der Waals surface area contributed by atoms with Gasteiger partial charge in [-0.15, -0.1) is 0 Å². The molecule has 1 aliphatic rings. The first kappa shape index (κ1) is 10.2. The number of likely N-dealkylation sites (N-methyl/N-ethyl adjacent to an activating group) is 1. The standard InChI is InChI=1S/C10H16N4O/c1-7-5-9(13-10(11)12-7)14(2)8-3-4-15-6-8/h5,8H,3-4,6H2,1-2H3,(H2,11,12,13). The maximum atomic E-state index is 5.62. The molecule has 0 bridgehead atoms. The molecular formula is C10H16N4O. The molecule has 2 N–H and O–H groups in total. The molecule has 0 saturated carbocycles. The van der Waals surface area contributed by atoms with E-state index >= 15 is 0 Å². The largest absolute Gasteiger partial charge is 0.379 e. The summed E-state index contributed by atoms with van der Waals surface area (Å²) in [7, 11) is 2.01. The minimum atomic E-state index is 0.329. The number of aromatic nitrogens is 2. The first-order valence-electron chi connectivity index (χ1n) is 5.08. The minimum absolute atomic E-state index is 0.329. The molecule has 0 radical (unpaired) electrons. The lowest BCUT2D eigenvalue weighted by Crippen LogP contribution is -2.32. The van der Waals surface area contributed by atoms with Crippen LogP contribution in [0.1, 0.15) is 12.1 Å². The van der Waals surface area contributed by atoms with Crippen LogP contribution >= 0.6 is 0 Å². The van der Waals surface area contributed by atoms with Crippen LogP contribution < -0.4 is 10.6 Å². The molecule has 1 saturated heterocycles. The molecule has 1 aliphatic heterocycles. The van der Waals surface area contributed by atoms with Crippen molar-refractivity contribution < 1.29 is 4.74 Å². The molecule has 0 aliphatic carbocycles. The molecule has 2 heterocycles. The van der Waals surface area contributed by atoms with Crippen LogP contribution in [-0.2, 0) is 4.74 Å². The fourth-order valence-corrected chi connectivity index (χ4v) is 1.77. The molecule has 82 valence electrons. The van der Waals surface area contributed by atoms with Crippen LogP contribution in [0.25, 0.3) is 0 Å². The van der Waals surface area contributed by atoms with Gasteiger partial charge in [-0.1, -0.05) is 0 Å². The lowest BCUT2D eigenvalue weighted by molar-refractivity contribution is 0.193. The van der Waals surface area contributed by atoms with E-state index in [0.717, 1.165) is 31.1 Å². The van der Waals surface area contributed by atoms with E-state index in [2.05, 4.69) is 14.9 Å². The Kier molecular flexibility index (Phi) is 2.73. The third-order valence-corrected chi connectivity index (χ3v) is 2.67. The van der Waals surface area contributed by atoms with Crippen LogP contribution in [0.5, 0.6) is 0 Å². The molecule has 0 amide bonds. The second-order valence-corrected chi connectivity index (χ2v) is 3.85. The van der Waals surface area contributed by atoms with E-state index in [-0.39, 0.29) is 0 Å². The quantitative estimate of drug-likeness (QED) is 0.770. The van der Waals surface area contributed by atoms with Crippen molar-refractivity contribution >= 4 is 11.8 Å². The number of anilines is 2. The summed E-state index contributed by atoms with van der Waals surface area (Å²) in [6.07, 6.45) is 1.04. The van der Waals surface area contributed by atoms with Crippen molar-refractivity contribution in [1.29, 1.82) is 0 Å². The summed E-state index contributed by atoms with van der Waals surface area (Å²) in [5.41, 5.74) is 6.51. The van der Waals surface area contributed by atoms with Gasteiger partial charge < -0.3 is 15.4 Å². The third kappa shape index (κ3) is 2.18. The van der Waals surface area contributed by atoms with Crippen LogP contribution in [-0.4, -0.2) is 36.3 Å². The highest BCUT2D eigenvalue weighted by Crippen LogP contribution is 2.19. The maximum Gasteiger partial charge on any atom is 0.222 e. The van der Waals surface area contributed by atoms with Gasteiger partial charge >= 0.3 is 0 Å². The summed E-state index contributed by atoms with van der Waals surface area (Å²) < 4.78 is 5.34. The molecule has 1 aromatic rings. The first-order chi connectivity index (χ1) is 7.16. The Morgan fingerprint density at radius 2 is 2.33 bits per heavy atom. The fourth-order valence-electron chi connectivity index (χ4n) is 1.77. The Balaban J connectivity index is 2.20. The summed E-state index contributed by atoms with van der Waals surface area (Å²) in [6, 6.07) is 2.34. The van der Waals surface area contributed by atoms with Crippen LogP contribution in [0.3, 0.4) is 0 Å². The van der Waals surface area contributed by atoms with Crippen molar-refractivity contribution in [3.63, 3.8) is 0 Å². The summed E-state index contributed by atoms with van der Waals surface area (Å²) >= 11 is 0. The van der Waals surface area contributed by atoms with Gasteiger partial charge in [-0.25, -0.2) is 4.98 Å². The van der Waals surface area contributed by atoms with Gasteiger partial charge in [0.1, 0.15) is 5.82 Å². The number of nitrogen functional groups attached to an aromatic ring is 1. The lowest BCUT2D eigenvalue weighted by atomic mass is 10.2. The number of nitrogens with zero attached hydrogens (tertiary/aromatic N) is 3. The van der Waals surface area contributed by atoms with Crippen molar-refractivity contribution in [2.24, 2.45) is 0 Å². The van der Waals surface area contributed by atoms with Crippen molar-refractivity contribution in [3.05, 3.63) is 11.8 Å². The van der Waals surface area contributed by atoms with Gasteiger partial charge in [0.05, 0.1) is 12.6 Å². The van der Waals surface area contributed by atoms with Gasteiger partial charge in [-0.05, 0) is 13.3 Å². The summed E-state index contributed by atoms with van der Waals surface area (Å²) in [5, 5.41) is 0. The molecular weight excluding hydrogens is 192 g/mol. The van der Waals surface area contributed by atoms with E-state index in [1.165, 1.54) is 0 Å². The van der Waals surface area contributed by atoms with Crippen molar-refractivity contribution in [3.8, 4) is 0 Å². The zero-order chi connectivity index (χ0) is 10.8. The topological polar surface area (TPSA) is 64.3 Å². The van der Waals surface area contributed by atoms with Gasteiger partial charge in [0.15, 0.2) is 0 Å². The summed E-state index contributed by atoms with van der Waals surface area (Å²) in [5.74, 6) is 1.20. The van der Waals surface area contributed by atoms with Crippen molar-refractivity contribution in [2.75, 3.05) is 30.9 Å². The Labute approximate surface area is 89.3 Å². The SMILES string of the molecule is Cc1cc(N(C)C2CCOC2)nc(N)n1. The van der Waals surface area contributed by atoms with Crippen molar-refractivity contribution in [2.45, 2.75) is 19.4 Å². The smallest absolute Gasteiger partial charge is 0.222 e. The van der Waals surface area contributed by atoms with E-state index in [1.54, 1.807) is 0 Å². The molecule has 1 atom stereocenters. The predicted molar refractivity (Wildman–Crippen MR) is 58.8 cm³/mol. The van der Waals surface area contributed by atoms with E-state index in [4.69, 9.17) is 10.5 Å². The zero-order valence-electron chi connectivity index (χ0n) is 9.10. The fraction of sp³-hybridized carbons (Fsp3) is 0.600. The third-order valence-electron chi connectivity index (χ3n) is 2.67. The Hall–Kier alpha value is -1.36. The van der Waals surface area contributed by atoms with E-state index in [0.29, 0.717) is 12.0 Å². The molecule has 1 fully saturated rings. The molecule has 0 aromatic carbocycles. The average Bonchev–Trinajstić information content (AvgIpc) is 2.67. The van der Waals surface area contributed by atoms with Gasteiger partial charge in [0.2, 0.25) is 5.95 Å². The molecule has 1 aromatic heterocycles. The molecule has 5 nitrogen and oxygen atoms in total. The highest BCUT2D eigenvalue weighted by Gasteiger charge is 2.21. The first-order valence-corrected chi connectivity index (χ1v) is 5.08. The van der Waals surface area contributed by atoms with Crippen LogP contribution in [0.2, 0.25) is 0 Å². The Morgan fingerprint density at radius 3 is 2.93 bits per heavy atom. The molecule has 1 unspecified atom stereocenters. The molecule has 15 heavy (non-hydrogen) atoms. The molecule has 5 heteroatoms. The van der Waals surface area contributed by atoms with E-state index < -0.39 is 0 Å². The predicted octanol–water partition coefficient (Wildman–Crippen LogP) is 0.592. The van der Waals surface area contributed by atoms with Gasteiger partial charge in [-0.2, -0.15) is 4.98 Å². The van der Waals surface area contributed by atoms with Gasteiger partial charge in [0, 0.05) is 25.4 Å². The zero-order valence-corrected chi connectivity index (χ0v) is 9.10. The Bertz CT molecular complexity index is 329. The number of nitrogens with two attached hydrogens (primary N) is 1. The summed E-state index contributed by atoms with van der Waals surface area (Å²) in [4.78, 5) is 10.4. The highest BCUT2D eigenvalue weighted by atomic mass is 16.5. The molecule has 0 spiro atoms. The van der Waals surface area contributed by atoms with Crippen LogP contribution in [0, 0.1) is 6.92 Å². The lowest BCUT2D eigenvalue weighted by Gasteiger charge is -2.24. The number of rotatable bonds is 2. The number of ether oxygens (including phenoxy) is 1. The van der Waals surface area contributed by atoms with Gasteiger partial charge in [0.25, 0.3) is 0 Å². The summed E-state index contributed by atoms with van der Waals surface area (Å²) in [6.45, 7) is 3.51. The number of hydrogen-bond acceptors (Lipinski definition) is 5. The average molecular weight is 208 g/mol. The Morgan fingerprint density at radius 1 is 1.53 bits per heavy atom. The van der Waals surface area contributed by atoms with E-state index in [1.807, 2.05) is 20.0 Å². The second kappa shape index (κ2) is 4.02. The number of aryl methyl sites for hydroxylation is 1. The number of hydrogen-bond donors (Lipinski definition) is 1. The van der Waals surface area contributed by atoms with Crippen LogP contribution in [0.15, 0.2) is 6.07 Å².